The molecule has 0 amide bonds. The summed E-state index contributed by atoms with van der Waals surface area (Å²) in [7, 11) is -3.81. The van der Waals surface area contributed by atoms with E-state index in [1.807, 2.05) is 0 Å². The van der Waals surface area contributed by atoms with Crippen LogP contribution < -0.4 is 10.0 Å². The predicted octanol–water partition coefficient (Wildman–Crippen LogP) is 1.45. The van der Waals surface area contributed by atoms with Gasteiger partial charge in [-0.1, -0.05) is 5.10 Å². The van der Waals surface area contributed by atoms with E-state index in [4.69, 9.17) is 4.42 Å². The number of hydrogen-bond acceptors (Lipinski definition) is 7. The molecule has 0 radical (unpaired) electrons. The molecule has 0 aliphatic carbocycles. The van der Waals surface area contributed by atoms with Gasteiger partial charge >= 0.3 is 6.01 Å². The Morgan fingerprint density at radius 1 is 1.38 bits per heavy atom. The van der Waals surface area contributed by atoms with Gasteiger partial charge in [-0.3, -0.25) is 4.98 Å². The van der Waals surface area contributed by atoms with Crippen LogP contribution in [-0.2, 0) is 10.0 Å². The molecule has 1 aliphatic rings. The van der Waals surface area contributed by atoms with Gasteiger partial charge in [-0.15, -0.1) is 5.10 Å². The molecule has 21 heavy (non-hydrogen) atoms. The zero-order valence-electron chi connectivity index (χ0n) is 10.8. The van der Waals surface area contributed by atoms with E-state index in [-0.39, 0.29) is 17.0 Å². The monoisotopic (exact) mass is 373 g/mol. The molecule has 0 aromatic carbocycles. The van der Waals surface area contributed by atoms with Crippen molar-refractivity contribution in [2.45, 2.75) is 23.8 Å². The van der Waals surface area contributed by atoms with Crippen molar-refractivity contribution >= 4 is 32.0 Å². The first kappa shape index (κ1) is 14.4. The molecule has 2 aromatic rings. The Balaban J connectivity index is 1.79. The molecule has 2 aromatic heterocycles. The number of nitrogens with zero attached hydrogens (tertiary/aromatic N) is 3. The third-order valence-corrected chi connectivity index (χ3v) is 4.73. The van der Waals surface area contributed by atoms with Gasteiger partial charge < -0.3 is 9.73 Å². The Labute approximate surface area is 129 Å². The summed E-state index contributed by atoms with van der Waals surface area (Å²) in [5, 5.41) is 10.8. The van der Waals surface area contributed by atoms with E-state index in [1.165, 1.54) is 18.5 Å². The molecule has 0 saturated carbocycles. The van der Waals surface area contributed by atoms with Crippen molar-refractivity contribution in [2.75, 3.05) is 11.3 Å². The average Bonchev–Trinajstić information content (AvgIpc) is 3.08. The highest BCUT2D eigenvalue weighted by Gasteiger charge is 2.24. The third-order valence-electron chi connectivity index (χ3n) is 3.01. The molecule has 8 nitrogen and oxygen atoms in total. The number of anilines is 1. The molecule has 0 bridgehead atoms. The van der Waals surface area contributed by atoms with E-state index < -0.39 is 10.0 Å². The fraction of sp³-hybridized carbons (Fsp3) is 0.364. The molecule has 1 fully saturated rings. The topological polar surface area (TPSA) is 110 Å². The lowest BCUT2D eigenvalue weighted by Gasteiger charge is -2.04. The number of rotatable bonds is 4. The normalized spacial score (nSPS) is 18.8. The molecule has 1 saturated heterocycles. The second kappa shape index (κ2) is 5.70. The van der Waals surface area contributed by atoms with Crippen LogP contribution in [-0.4, -0.2) is 30.1 Å². The Kier molecular flexibility index (Phi) is 3.91. The summed E-state index contributed by atoms with van der Waals surface area (Å²) in [6.07, 6.45) is 4.65. The number of aromatic nitrogens is 3. The Hall–Kier alpha value is -1.52. The lowest BCUT2D eigenvalue weighted by molar-refractivity contribution is 0.439. The molecule has 2 N–H and O–H groups in total. The predicted molar refractivity (Wildman–Crippen MR) is 77.0 cm³/mol. The molecule has 1 unspecified atom stereocenters. The van der Waals surface area contributed by atoms with Crippen molar-refractivity contribution in [3.8, 4) is 0 Å². The number of hydrogen-bond donors (Lipinski definition) is 2. The largest absolute Gasteiger partial charge is 0.406 e. The summed E-state index contributed by atoms with van der Waals surface area (Å²) in [6, 6.07) is 1.27. The van der Waals surface area contributed by atoms with Gasteiger partial charge in [0, 0.05) is 16.9 Å². The minimum atomic E-state index is -3.81. The van der Waals surface area contributed by atoms with Crippen molar-refractivity contribution in [2.24, 2.45) is 0 Å². The van der Waals surface area contributed by atoms with Crippen LogP contribution in [0.3, 0.4) is 0 Å². The Morgan fingerprint density at radius 3 is 2.95 bits per heavy atom. The fourth-order valence-corrected chi connectivity index (χ4v) is 3.45. The van der Waals surface area contributed by atoms with Gasteiger partial charge in [0.25, 0.3) is 10.0 Å². The lowest BCUT2D eigenvalue weighted by atomic mass is 10.2. The summed E-state index contributed by atoms with van der Waals surface area (Å²) in [4.78, 5) is 3.83. The molecule has 0 spiro atoms. The first-order valence-corrected chi connectivity index (χ1v) is 8.52. The molecule has 3 heterocycles. The van der Waals surface area contributed by atoms with Gasteiger partial charge in [0.1, 0.15) is 4.90 Å². The number of halogens is 1. The molecule has 1 aliphatic heterocycles. The van der Waals surface area contributed by atoms with Crippen molar-refractivity contribution in [3.05, 3.63) is 28.8 Å². The third kappa shape index (κ3) is 3.22. The maximum atomic E-state index is 12.2. The van der Waals surface area contributed by atoms with Crippen LogP contribution in [0.5, 0.6) is 0 Å². The maximum Gasteiger partial charge on any atom is 0.329 e. The quantitative estimate of drug-likeness (QED) is 0.834. The second-order valence-corrected chi connectivity index (χ2v) is 7.14. The van der Waals surface area contributed by atoms with E-state index in [2.05, 4.69) is 41.2 Å². The minimum Gasteiger partial charge on any atom is -0.406 e. The van der Waals surface area contributed by atoms with Gasteiger partial charge in [-0.05, 0) is 41.4 Å². The molecule has 10 heteroatoms. The van der Waals surface area contributed by atoms with Crippen LogP contribution in [0.4, 0.5) is 6.01 Å². The zero-order valence-corrected chi connectivity index (χ0v) is 13.2. The van der Waals surface area contributed by atoms with Crippen LogP contribution in [0.25, 0.3) is 0 Å². The second-order valence-electron chi connectivity index (χ2n) is 4.54. The fourth-order valence-electron chi connectivity index (χ4n) is 2.03. The summed E-state index contributed by atoms with van der Waals surface area (Å²) in [6.45, 7) is 0.887. The summed E-state index contributed by atoms with van der Waals surface area (Å²) < 4.78 is 32.5. The number of sulfonamides is 1. The highest BCUT2D eigenvalue weighted by atomic mass is 79.9. The summed E-state index contributed by atoms with van der Waals surface area (Å²) in [5.41, 5.74) is 0. The minimum absolute atomic E-state index is 0.00983. The first-order chi connectivity index (χ1) is 10.0. The molecule has 112 valence electrons. The van der Waals surface area contributed by atoms with Crippen molar-refractivity contribution in [1.82, 2.24) is 20.5 Å². The van der Waals surface area contributed by atoms with E-state index in [0.29, 0.717) is 10.4 Å². The van der Waals surface area contributed by atoms with E-state index >= 15 is 0 Å². The van der Waals surface area contributed by atoms with Crippen molar-refractivity contribution in [3.63, 3.8) is 0 Å². The zero-order chi connectivity index (χ0) is 14.9. The summed E-state index contributed by atoms with van der Waals surface area (Å²) in [5.74, 6) is 0.387. The molecule has 1 atom stereocenters. The SMILES string of the molecule is O=S(=O)(Nc1nnc(C2CCCN2)o1)c1cncc(Br)c1. The van der Waals surface area contributed by atoms with E-state index in [1.54, 1.807) is 0 Å². The standard InChI is InChI=1S/C11H12BrN5O3S/c12-7-4-8(6-13-5-7)21(18,19)17-11-16-15-10(20-11)9-2-1-3-14-9/h4-6,9,14H,1-3H2,(H,16,17). The van der Waals surface area contributed by atoms with Crippen molar-refractivity contribution in [1.29, 1.82) is 0 Å². The van der Waals surface area contributed by atoms with Crippen LogP contribution in [0.15, 0.2) is 32.2 Å². The maximum absolute atomic E-state index is 12.2. The van der Waals surface area contributed by atoms with Crippen molar-refractivity contribution < 1.29 is 12.8 Å². The van der Waals surface area contributed by atoms with Crippen LogP contribution in [0, 0.1) is 0 Å². The Bertz CT molecular complexity index is 742. The molecular weight excluding hydrogens is 362 g/mol. The van der Waals surface area contributed by atoms with Gasteiger partial charge in [0.15, 0.2) is 0 Å². The van der Waals surface area contributed by atoms with Crippen LogP contribution >= 0.6 is 15.9 Å². The smallest absolute Gasteiger partial charge is 0.329 e. The highest BCUT2D eigenvalue weighted by Crippen LogP contribution is 2.24. The van der Waals surface area contributed by atoms with Crippen LogP contribution in [0.2, 0.25) is 0 Å². The van der Waals surface area contributed by atoms with Gasteiger partial charge in [-0.2, -0.15) is 0 Å². The number of pyridine rings is 1. The van der Waals surface area contributed by atoms with Crippen LogP contribution in [0.1, 0.15) is 24.8 Å². The first-order valence-electron chi connectivity index (χ1n) is 6.25. The number of nitrogens with one attached hydrogen (secondary N) is 2. The summed E-state index contributed by atoms with van der Waals surface area (Å²) >= 11 is 3.17. The lowest BCUT2D eigenvalue weighted by Crippen LogP contribution is -2.14. The molecule has 3 rings (SSSR count). The van der Waals surface area contributed by atoms with E-state index in [9.17, 15) is 8.42 Å². The van der Waals surface area contributed by atoms with Gasteiger partial charge in [-0.25, -0.2) is 13.1 Å². The van der Waals surface area contributed by atoms with E-state index in [0.717, 1.165) is 19.4 Å². The Morgan fingerprint density at radius 2 is 2.24 bits per heavy atom. The molecular formula is C11H12BrN5O3S. The highest BCUT2D eigenvalue weighted by molar-refractivity contribution is 9.10. The van der Waals surface area contributed by atoms with Gasteiger partial charge in [0.05, 0.1) is 6.04 Å². The average molecular weight is 374 g/mol. The van der Waals surface area contributed by atoms with Gasteiger partial charge in [0.2, 0.25) is 5.89 Å².